The van der Waals surface area contributed by atoms with Crippen LogP contribution in [-0.4, -0.2) is 18.3 Å². The van der Waals surface area contributed by atoms with Crippen LogP contribution < -0.4 is 0 Å². The summed E-state index contributed by atoms with van der Waals surface area (Å²) in [6.07, 6.45) is 0.231. The quantitative estimate of drug-likeness (QED) is 0.781. The van der Waals surface area contributed by atoms with Crippen molar-refractivity contribution in [1.29, 1.82) is 0 Å². The summed E-state index contributed by atoms with van der Waals surface area (Å²) >= 11 is 0. The maximum atomic E-state index is 12.2. The zero-order chi connectivity index (χ0) is 12.0. The Morgan fingerprint density at radius 3 is 2.06 bits per heavy atom. The van der Waals surface area contributed by atoms with Crippen LogP contribution in [0.4, 0.5) is 0 Å². The van der Waals surface area contributed by atoms with E-state index in [1.807, 2.05) is 0 Å². The molecule has 1 aromatic carbocycles. The fraction of sp³-hybridized carbons (Fsp3) is 0.455. The van der Waals surface area contributed by atoms with Gasteiger partial charge >= 0.3 is 7.60 Å². The maximum Gasteiger partial charge on any atom is 0.335 e. The van der Waals surface area contributed by atoms with E-state index in [4.69, 9.17) is 14.2 Å². The standard InChI is InChI=1S/C11H17O4P/c1-3-14-16(13,15-4-2)9-10-5-7-11(12)8-6-10/h5-8,12H,3-4,9H2,1-2H3. The van der Waals surface area contributed by atoms with E-state index in [9.17, 15) is 4.57 Å². The molecule has 16 heavy (non-hydrogen) atoms. The minimum absolute atomic E-state index is 0.186. The smallest absolute Gasteiger partial charge is 0.335 e. The molecule has 0 aliphatic heterocycles. The SMILES string of the molecule is CCOP(=O)(Cc1ccc(O)cc1)OCC. The molecule has 0 bridgehead atoms. The lowest BCUT2D eigenvalue weighted by atomic mass is 10.2. The van der Waals surface area contributed by atoms with Crippen molar-refractivity contribution in [3.63, 3.8) is 0 Å². The third-order valence-electron chi connectivity index (χ3n) is 1.96. The Morgan fingerprint density at radius 1 is 1.12 bits per heavy atom. The van der Waals surface area contributed by atoms with E-state index in [0.29, 0.717) is 13.2 Å². The second-order valence-electron chi connectivity index (χ2n) is 3.27. The molecular formula is C11H17O4P. The Labute approximate surface area is 95.7 Å². The van der Waals surface area contributed by atoms with Crippen LogP contribution >= 0.6 is 7.60 Å². The normalized spacial score (nSPS) is 11.6. The van der Waals surface area contributed by atoms with Crippen LogP contribution in [0.25, 0.3) is 0 Å². The van der Waals surface area contributed by atoms with Gasteiger partial charge in [-0.1, -0.05) is 12.1 Å². The van der Waals surface area contributed by atoms with Crippen LogP contribution in [0.3, 0.4) is 0 Å². The van der Waals surface area contributed by atoms with Gasteiger partial charge in [0.2, 0.25) is 0 Å². The third-order valence-corrected chi connectivity index (χ3v) is 4.02. The monoisotopic (exact) mass is 244 g/mol. The van der Waals surface area contributed by atoms with Crippen LogP contribution in [0.15, 0.2) is 24.3 Å². The highest BCUT2D eigenvalue weighted by atomic mass is 31.2. The molecule has 0 fully saturated rings. The molecule has 0 atom stereocenters. The van der Waals surface area contributed by atoms with Crippen LogP contribution in [0.2, 0.25) is 0 Å². The number of phenols is 1. The number of aromatic hydroxyl groups is 1. The highest BCUT2D eigenvalue weighted by Gasteiger charge is 2.23. The van der Waals surface area contributed by atoms with Crippen LogP contribution in [0.1, 0.15) is 19.4 Å². The summed E-state index contributed by atoms with van der Waals surface area (Å²) in [5.41, 5.74) is 0.822. The Bertz CT molecular complexity index is 351. The molecule has 0 aliphatic carbocycles. The van der Waals surface area contributed by atoms with Crippen molar-refractivity contribution >= 4 is 7.60 Å². The molecule has 1 rings (SSSR count). The first-order valence-corrected chi connectivity index (χ1v) is 6.98. The molecule has 4 nitrogen and oxygen atoms in total. The number of rotatable bonds is 6. The number of phenolic OH excluding ortho intramolecular Hbond substituents is 1. The largest absolute Gasteiger partial charge is 0.508 e. The van der Waals surface area contributed by atoms with Gasteiger partial charge in [0, 0.05) is 0 Å². The average molecular weight is 244 g/mol. The maximum absolute atomic E-state index is 12.2. The van der Waals surface area contributed by atoms with Gasteiger partial charge in [0.25, 0.3) is 0 Å². The van der Waals surface area contributed by atoms with Gasteiger partial charge in [-0.2, -0.15) is 0 Å². The molecule has 0 aromatic heterocycles. The first-order chi connectivity index (χ1) is 7.59. The predicted molar refractivity (Wildman–Crippen MR) is 62.7 cm³/mol. The van der Waals surface area contributed by atoms with Crippen molar-refractivity contribution in [2.75, 3.05) is 13.2 Å². The van der Waals surface area contributed by atoms with Gasteiger partial charge in [-0.3, -0.25) is 4.57 Å². The third kappa shape index (κ3) is 3.97. The summed E-state index contributed by atoms with van der Waals surface area (Å²) in [5.74, 6) is 0.186. The summed E-state index contributed by atoms with van der Waals surface area (Å²) in [7, 11) is -3.04. The van der Waals surface area contributed by atoms with Crippen molar-refractivity contribution < 1.29 is 18.7 Å². The summed E-state index contributed by atoms with van der Waals surface area (Å²) in [4.78, 5) is 0. The zero-order valence-corrected chi connectivity index (χ0v) is 10.4. The molecule has 0 saturated heterocycles. The minimum atomic E-state index is -3.04. The molecule has 0 unspecified atom stereocenters. The molecule has 0 heterocycles. The number of benzene rings is 1. The van der Waals surface area contributed by atoms with Gasteiger partial charge in [-0.25, -0.2) is 0 Å². The van der Waals surface area contributed by atoms with Crippen LogP contribution in [-0.2, 0) is 19.8 Å². The van der Waals surface area contributed by atoms with E-state index >= 15 is 0 Å². The van der Waals surface area contributed by atoms with Crippen molar-refractivity contribution in [2.24, 2.45) is 0 Å². The fourth-order valence-electron chi connectivity index (χ4n) is 1.35. The van der Waals surface area contributed by atoms with Crippen molar-refractivity contribution in [1.82, 2.24) is 0 Å². The molecule has 0 radical (unpaired) electrons. The Hall–Kier alpha value is -0.830. The van der Waals surface area contributed by atoms with Gasteiger partial charge in [0.15, 0.2) is 0 Å². The van der Waals surface area contributed by atoms with Crippen molar-refractivity contribution in [3.05, 3.63) is 29.8 Å². The highest BCUT2D eigenvalue weighted by molar-refractivity contribution is 7.53. The van der Waals surface area contributed by atoms with Gasteiger partial charge in [0.05, 0.1) is 19.4 Å². The molecule has 0 spiro atoms. The van der Waals surface area contributed by atoms with E-state index in [2.05, 4.69) is 0 Å². The lowest BCUT2D eigenvalue weighted by Gasteiger charge is -2.16. The van der Waals surface area contributed by atoms with Crippen LogP contribution in [0.5, 0.6) is 5.75 Å². The van der Waals surface area contributed by atoms with Gasteiger partial charge in [-0.05, 0) is 31.5 Å². The number of hydrogen-bond acceptors (Lipinski definition) is 4. The van der Waals surface area contributed by atoms with E-state index in [1.165, 1.54) is 0 Å². The molecule has 0 saturated carbocycles. The molecule has 1 aromatic rings. The Morgan fingerprint density at radius 2 is 1.62 bits per heavy atom. The average Bonchev–Trinajstić information content (AvgIpc) is 2.22. The molecule has 0 amide bonds. The summed E-state index contributed by atoms with van der Waals surface area (Å²) in [6, 6.07) is 6.52. The van der Waals surface area contributed by atoms with E-state index in [1.54, 1.807) is 38.1 Å². The van der Waals surface area contributed by atoms with E-state index < -0.39 is 7.60 Å². The summed E-state index contributed by atoms with van der Waals surface area (Å²) in [6.45, 7) is 4.27. The molecular weight excluding hydrogens is 227 g/mol. The fourth-order valence-corrected chi connectivity index (χ4v) is 3.05. The first-order valence-electron chi connectivity index (χ1n) is 5.25. The van der Waals surface area contributed by atoms with Gasteiger partial charge in [0.1, 0.15) is 5.75 Å². The molecule has 1 N–H and O–H groups in total. The number of hydrogen-bond donors (Lipinski definition) is 1. The lowest BCUT2D eigenvalue weighted by Crippen LogP contribution is -1.98. The van der Waals surface area contributed by atoms with Crippen molar-refractivity contribution in [3.8, 4) is 5.75 Å². The Balaban J connectivity index is 2.75. The van der Waals surface area contributed by atoms with Crippen LogP contribution in [0, 0.1) is 0 Å². The molecule has 5 heteroatoms. The lowest BCUT2D eigenvalue weighted by molar-refractivity contribution is 0.219. The molecule has 90 valence electrons. The van der Waals surface area contributed by atoms with Crippen molar-refractivity contribution in [2.45, 2.75) is 20.0 Å². The molecule has 0 aliphatic rings. The predicted octanol–water partition coefficient (Wildman–Crippen LogP) is 3.16. The van der Waals surface area contributed by atoms with Gasteiger partial charge in [-0.15, -0.1) is 0 Å². The second-order valence-corrected chi connectivity index (χ2v) is 5.33. The Kier molecular flexibility index (Phi) is 5.00. The summed E-state index contributed by atoms with van der Waals surface area (Å²) in [5, 5.41) is 9.13. The topological polar surface area (TPSA) is 55.8 Å². The minimum Gasteiger partial charge on any atom is -0.508 e. The first kappa shape index (κ1) is 13.2. The van der Waals surface area contributed by atoms with E-state index in [0.717, 1.165) is 5.56 Å². The summed E-state index contributed by atoms with van der Waals surface area (Å²) < 4.78 is 22.5. The van der Waals surface area contributed by atoms with Gasteiger partial charge < -0.3 is 14.2 Å². The zero-order valence-electron chi connectivity index (χ0n) is 9.55. The second kappa shape index (κ2) is 6.04. The van der Waals surface area contributed by atoms with E-state index in [-0.39, 0.29) is 11.9 Å². The highest BCUT2D eigenvalue weighted by Crippen LogP contribution is 2.51.